The summed E-state index contributed by atoms with van der Waals surface area (Å²) in [5.74, 6) is 1.84. The van der Waals surface area contributed by atoms with Crippen LogP contribution in [0.25, 0.3) is 0 Å². The molecule has 0 radical (unpaired) electrons. The summed E-state index contributed by atoms with van der Waals surface area (Å²) in [6.45, 7) is 4.94. The lowest BCUT2D eigenvalue weighted by Crippen LogP contribution is -2.32. The second-order valence-electron chi connectivity index (χ2n) is 7.36. The normalized spacial score (nSPS) is 15.4. The van der Waals surface area contributed by atoms with Gasteiger partial charge in [-0.15, -0.1) is 0 Å². The summed E-state index contributed by atoms with van der Waals surface area (Å²) in [7, 11) is -0.778. The van der Waals surface area contributed by atoms with Crippen molar-refractivity contribution in [2.45, 2.75) is 18.4 Å². The Bertz CT molecular complexity index is 1040. The molecule has 9 heteroatoms. The molecule has 1 saturated heterocycles. The van der Waals surface area contributed by atoms with Crippen molar-refractivity contribution in [1.29, 1.82) is 0 Å². The number of amides is 1. The number of nitrogens with zero attached hydrogens (tertiary/aromatic N) is 2. The van der Waals surface area contributed by atoms with E-state index in [0.29, 0.717) is 5.69 Å². The molecule has 1 N–H and O–H groups in total. The molecule has 2 aromatic carbocycles. The Hall–Kier alpha value is -1.58. The van der Waals surface area contributed by atoms with Crippen molar-refractivity contribution in [2.24, 2.45) is 0 Å². The van der Waals surface area contributed by atoms with Crippen molar-refractivity contribution in [3.05, 3.63) is 58.1 Å². The fourth-order valence-electron chi connectivity index (χ4n) is 3.23. The highest BCUT2D eigenvalue weighted by atomic mass is 35.5. The van der Waals surface area contributed by atoms with Crippen LogP contribution in [0.2, 0.25) is 5.02 Å². The van der Waals surface area contributed by atoms with Gasteiger partial charge in [0.05, 0.1) is 15.5 Å². The number of rotatable bonds is 6. The summed E-state index contributed by atoms with van der Waals surface area (Å²) in [6.07, 6.45) is 0. The number of halogens is 1. The van der Waals surface area contributed by atoms with E-state index in [1.807, 2.05) is 30.8 Å². The third-order valence-electron chi connectivity index (χ3n) is 5.15. The number of thioether (sulfide) groups is 1. The minimum Gasteiger partial charge on any atom is -0.322 e. The fourth-order valence-corrected chi connectivity index (χ4v) is 5.34. The molecule has 0 unspecified atom stereocenters. The van der Waals surface area contributed by atoms with Crippen LogP contribution in [0.5, 0.6) is 0 Å². The number of carbonyl (C=O) groups is 1. The van der Waals surface area contributed by atoms with Crippen LogP contribution in [0.1, 0.15) is 21.5 Å². The fraction of sp³-hybridized carbons (Fsp3) is 0.381. The first kappa shape index (κ1) is 23.1. The highest BCUT2D eigenvalue weighted by Crippen LogP contribution is 2.26. The maximum atomic E-state index is 12.9. The van der Waals surface area contributed by atoms with Gasteiger partial charge in [0.15, 0.2) is 0 Å². The van der Waals surface area contributed by atoms with Gasteiger partial charge in [-0.2, -0.15) is 11.8 Å². The van der Waals surface area contributed by atoms with E-state index >= 15 is 0 Å². The number of nitrogens with one attached hydrogen (secondary N) is 1. The van der Waals surface area contributed by atoms with Crippen LogP contribution in [-0.2, 0) is 16.6 Å². The quantitative estimate of drug-likeness (QED) is 0.701. The molecule has 1 heterocycles. The molecular formula is C21H26ClN3O3S2. The molecule has 0 aromatic heterocycles. The zero-order valence-electron chi connectivity index (χ0n) is 17.3. The summed E-state index contributed by atoms with van der Waals surface area (Å²) >= 11 is 8.18. The first-order chi connectivity index (χ1) is 14.2. The van der Waals surface area contributed by atoms with Gasteiger partial charge >= 0.3 is 0 Å². The van der Waals surface area contributed by atoms with Crippen molar-refractivity contribution in [3.8, 4) is 0 Å². The van der Waals surface area contributed by atoms with Crippen LogP contribution in [-0.4, -0.2) is 62.2 Å². The molecule has 30 heavy (non-hydrogen) atoms. The van der Waals surface area contributed by atoms with Gasteiger partial charge in [0, 0.05) is 50.9 Å². The number of benzene rings is 2. The van der Waals surface area contributed by atoms with Gasteiger partial charge in [0.1, 0.15) is 0 Å². The van der Waals surface area contributed by atoms with Crippen LogP contribution >= 0.6 is 23.4 Å². The second-order valence-corrected chi connectivity index (χ2v) is 11.1. The summed E-state index contributed by atoms with van der Waals surface area (Å²) < 4.78 is 25.9. The predicted molar refractivity (Wildman–Crippen MR) is 124 cm³/mol. The average molecular weight is 468 g/mol. The Labute approximate surface area is 187 Å². The zero-order chi connectivity index (χ0) is 21.9. The molecule has 0 bridgehead atoms. The molecule has 6 nitrogen and oxygen atoms in total. The maximum Gasteiger partial charge on any atom is 0.257 e. The standard InChI is InChI=1S/C21H26ClN3O3S2/c1-15-16(14-25-9-11-29-12-10-25)5-4-6-20(15)23-21(26)18-13-17(7-8-19(18)22)30(27,28)24(2)3/h4-8,13H,9-12,14H2,1-3H3,(H,23,26). The highest BCUT2D eigenvalue weighted by Gasteiger charge is 2.21. The predicted octanol–water partition coefficient (Wildman–Crippen LogP) is 3.70. The molecule has 1 aliphatic heterocycles. The van der Waals surface area contributed by atoms with Crippen molar-refractivity contribution >= 4 is 45.0 Å². The SMILES string of the molecule is Cc1c(CN2CCSCC2)cccc1NC(=O)c1cc(S(=O)(=O)N(C)C)ccc1Cl. The minimum atomic E-state index is -3.67. The van der Waals surface area contributed by atoms with Gasteiger partial charge in [0.25, 0.3) is 5.91 Å². The molecule has 3 rings (SSSR count). The first-order valence-corrected chi connectivity index (χ1v) is 12.6. The number of hydrogen-bond acceptors (Lipinski definition) is 5. The molecule has 0 spiro atoms. The third-order valence-corrected chi connectivity index (χ3v) is 8.24. The van der Waals surface area contributed by atoms with E-state index in [4.69, 9.17) is 11.6 Å². The van der Waals surface area contributed by atoms with Crippen LogP contribution in [0.4, 0.5) is 5.69 Å². The topological polar surface area (TPSA) is 69.7 Å². The smallest absolute Gasteiger partial charge is 0.257 e. The van der Waals surface area contributed by atoms with Gasteiger partial charge < -0.3 is 5.32 Å². The second kappa shape index (κ2) is 9.70. The lowest BCUT2D eigenvalue weighted by Gasteiger charge is -2.27. The average Bonchev–Trinajstić information content (AvgIpc) is 2.71. The summed E-state index contributed by atoms with van der Waals surface area (Å²) in [6, 6.07) is 9.99. The number of carbonyl (C=O) groups excluding carboxylic acids is 1. The molecule has 0 atom stereocenters. The van der Waals surface area contributed by atoms with Crippen LogP contribution in [0.3, 0.4) is 0 Å². The largest absolute Gasteiger partial charge is 0.322 e. The van der Waals surface area contributed by atoms with Crippen molar-refractivity contribution in [3.63, 3.8) is 0 Å². The monoisotopic (exact) mass is 467 g/mol. The van der Waals surface area contributed by atoms with E-state index in [2.05, 4.69) is 16.3 Å². The van der Waals surface area contributed by atoms with Crippen molar-refractivity contribution in [1.82, 2.24) is 9.21 Å². The Balaban J connectivity index is 1.83. The molecule has 162 valence electrons. The molecule has 1 aliphatic rings. The lowest BCUT2D eigenvalue weighted by atomic mass is 10.1. The van der Waals surface area contributed by atoms with Crippen LogP contribution < -0.4 is 5.32 Å². The van der Waals surface area contributed by atoms with Gasteiger partial charge in [-0.25, -0.2) is 12.7 Å². The Morgan fingerprint density at radius 3 is 2.57 bits per heavy atom. The van der Waals surface area contributed by atoms with E-state index in [9.17, 15) is 13.2 Å². The Morgan fingerprint density at radius 2 is 1.90 bits per heavy atom. The minimum absolute atomic E-state index is 0.0236. The van der Waals surface area contributed by atoms with Gasteiger partial charge in [-0.05, 0) is 42.3 Å². The molecule has 1 amide bonds. The van der Waals surface area contributed by atoms with E-state index in [0.717, 1.165) is 46.6 Å². The number of sulfonamides is 1. The summed E-state index contributed by atoms with van der Waals surface area (Å²) in [4.78, 5) is 15.4. The van der Waals surface area contributed by atoms with Gasteiger partial charge in [0.2, 0.25) is 10.0 Å². The van der Waals surface area contributed by atoms with Gasteiger partial charge in [-0.3, -0.25) is 9.69 Å². The van der Waals surface area contributed by atoms with Crippen molar-refractivity contribution < 1.29 is 13.2 Å². The zero-order valence-corrected chi connectivity index (χ0v) is 19.7. The van der Waals surface area contributed by atoms with Crippen LogP contribution in [0, 0.1) is 6.92 Å². The molecule has 0 saturated carbocycles. The van der Waals surface area contributed by atoms with E-state index < -0.39 is 15.9 Å². The maximum absolute atomic E-state index is 12.9. The molecule has 1 fully saturated rings. The summed E-state index contributed by atoms with van der Waals surface area (Å²) in [5, 5.41) is 3.10. The summed E-state index contributed by atoms with van der Waals surface area (Å²) in [5.41, 5.74) is 2.98. The van der Waals surface area contributed by atoms with E-state index in [-0.39, 0.29) is 15.5 Å². The first-order valence-electron chi connectivity index (χ1n) is 9.62. The van der Waals surface area contributed by atoms with E-state index in [1.54, 1.807) is 0 Å². The lowest BCUT2D eigenvalue weighted by molar-refractivity contribution is 0.102. The van der Waals surface area contributed by atoms with E-state index in [1.165, 1.54) is 32.3 Å². The molecule has 2 aromatic rings. The van der Waals surface area contributed by atoms with Crippen molar-refractivity contribution in [2.75, 3.05) is 44.0 Å². The highest BCUT2D eigenvalue weighted by molar-refractivity contribution is 7.99. The number of anilines is 1. The van der Waals surface area contributed by atoms with Gasteiger partial charge in [-0.1, -0.05) is 23.7 Å². The molecular weight excluding hydrogens is 442 g/mol. The Morgan fingerprint density at radius 1 is 1.20 bits per heavy atom. The Kier molecular flexibility index (Phi) is 7.47. The third kappa shape index (κ3) is 5.18. The molecule has 0 aliphatic carbocycles. The van der Waals surface area contributed by atoms with Crippen LogP contribution in [0.15, 0.2) is 41.3 Å². The number of hydrogen-bond donors (Lipinski definition) is 1.